The highest BCUT2D eigenvalue weighted by atomic mass is 79.9. The van der Waals surface area contributed by atoms with Crippen LogP contribution < -0.4 is 0 Å². The second-order valence-corrected chi connectivity index (χ2v) is 6.08. The second-order valence-electron chi connectivity index (χ2n) is 4.19. The van der Waals surface area contributed by atoms with Gasteiger partial charge in [0.1, 0.15) is 0 Å². The number of fused-ring (bicyclic) bond motifs is 1. The van der Waals surface area contributed by atoms with Gasteiger partial charge in [0.05, 0.1) is 24.7 Å². The Morgan fingerprint density at radius 1 is 1.53 bits per heavy atom. The van der Waals surface area contributed by atoms with E-state index in [1.54, 1.807) is 11.3 Å². The van der Waals surface area contributed by atoms with Crippen LogP contribution in [0.15, 0.2) is 4.47 Å². The topological polar surface area (TPSA) is 33.0 Å². The number of hydrogen-bond donors (Lipinski definition) is 0. The summed E-state index contributed by atoms with van der Waals surface area (Å²) in [6.45, 7) is 5.38. The van der Waals surface area contributed by atoms with Crippen molar-refractivity contribution in [1.29, 1.82) is 5.26 Å². The maximum atomic E-state index is 9.14. The first-order valence-corrected chi connectivity index (χ1v) is 6.46. The lowest BCUT2D eigenvalue weighted by atomic mass is 9.93. The number of halogens is 1. The van der Waals surface area contributed by atoms with Crippen molar-refractivity contribution in [2.75, 3.05) is 6.61 Å². The number of nitriles is 1. The highest BCUT2D eigenvalue weighted by Crippen LogP contribution is 2.42. The second kappa shape index (κ2) is 3.89. The van der Waals surface area contributed by atoms with Gasteiger partial charge in [-0.05, 0) is 29.8 Å². The fourth-order valence-electron chi connectivity index (χ4n) is 1.63. The van der Waals surface area contributed by atoms with Crippen molar-refractivity contribution in [1.82, 2.24) is 0 Å². The summed E-state index contributed by atoms with van der Waals surface area (Å²) >= 11 is 5.34. The summed E-state index contributed by atoms with van der Waals surface area (Å²) < 4.78 is 6.51. The number of rotatable bonds is 1. The lowest BCUT2D eigenvalue weighted by Crippen LogP contribution is -2.12. The molecule has 0 unspecified atom stereocenters. The van der Waals surface area contributed by atoms with Gasteiger partial charge in [-0.15, -0.1) is 11.3 Å². The minimum atomic E-state index is -0.416. The Morgan fingerprint density at radius 2 is 2.27 bits per heavy atom. The molecule has 1 aromatic heterocycles. The van der Waals surface area contributed by atoms with Crippen LogP contribution in [0.1, 0.15) is 29.2 Å². The summed E-state index contributed by atoms with van der Waals surface area (Å²) in [7, 11) is 0. The average molecular weight is 286 g/mol. The molecule has 2 nitrogen and oxygen atoms in total. The van der Waals surface area contributed by atoms with Crippen molar-refractivity contribution < 1.29 is 4.74 Å². The Bertz CT molecular complexity index is 431. The first kappa shape index (κ1) is 11.1. The number of thiophene rings is 1. The van der Waals surface area contributed by atoms with Gasteiger partial charge in [-0.2, -0.15) is 5.26 Å². The van der Waals surface area contributed by atoms with Crippen LogP contribution in [0.3, 0.4) is 0 Å². The Morgan fingerprint density at radius 3 is 2.87 bits per heavy atom. The number of hydrogen-bond acceptors (Lipinski definition) is 3. The Labute approximate surface area is 102 Å². The van der Waals surface area contributed by atoms with Crippen LogP contribution in [0.4, 0.5) is 0 Å². The molecule has 0 saturated carbocycles. The summed E-state index contributed by atoms with van der Waals surface area (Å²) in [4.78, 5) is 2.49. The van der Waals surface area contributed by atoms with E-state index in [0.29, 0.717) is 6.61 Å². The third-order valence-electron chi connectivity index (χ3n) is 2.59. The molecule has 1 aromatic rings. The van der Waals surface area contributed by atoms with E-state index in [0.717, 1.165) is 22.4 Å². The zero-order valence-corrected chi connectivity index (χ0v) is 11.2. The van der Waals surface area contributed by atoms with Crippen LogP contribution in [0.5, 0.6) is 0 Å². The van der Waals surface area contributed by atoms with Crippen molar-refractivity contribution in [2.45, 2.75) is 32.3 Å². The standard InChI is InChI=1S/C11H12BrNOS/c1-11(2,6-13)10-9(12)7-5-14-4-3-8(7)15-10/h3-5H2,1-2H3. The van der Waals surface area contributed by atoms with Gasteiger partial charge in [-0.25, -0.2) is 0 Å². The quantitative estimate of drug-likeness (QED) is 0.793. The molecule has 4 heteroatoms. The van der Waals surface area contributed by atoms with Crippen LogP contribution in [-0.2, 0) is 23.2 Å². The molecular weight excluding hydrogens is 274 g/mol. The molecule has 0 N–H and O–H groups in total. The first-order chi connectivity index (χ1) is 7.06. The highest BCUT2D eigenvalue weighted by molar-refractivity contribution is 9.10. The normalized spacial score (nSPS) is 15.9. The third-order valence-corrected chi connectivity index (χ3v) is 5.35. The first-order valence-electron chi connectivity index (χ1n) is 4.86. The summed E-state index contributed by atoms with van der Waals surface area (Å²) in [6, 6.07) is 2.35. The van der Waals surface area contributed by atoms with Gasteiger partial charge in [-0.1, -0.05) is 0 Å². The van der Waals surface area contributed by atoms with Crippen molar-refractivity contribution in [3.8, 4) is 6.07 Å². The van der Waals surface area contributed by atoms with E-state index in [4.69, 9.17) is 10.00 Å². The van der Waals surface area contributed by atoms with Crippen molar-refractivity contribution in [2.24, 2.45) is 0 Å². The van der Waals surface area contributed by atoms with Crippen LogP contribution in [0.2, 0.25) is 0 Å². The van der Waals surface area contributed by atoms with Crippen molar-refractivity contribution >= 4 is 27.3 Å². The third kappa shape index (κ3) is 1.84. The maximum Gasteiger partial charge on any atom is 0.0870 e. The molecule has 0 amide bonds. The van der Waals surface area contributed by atoms with E-state index in [9.17, 15) is 0 Å². The van der Waals surface area contributed by atoms with Gasteiger partial charge in [0.2, 0.25) is 0 Å². The van der Waals surface area contributed by atoms with E-state index >= 15 is 0 Å². The molecule has 0 atom stereocenters. The number of nitrogens with zero attached hydrogens (tertiary/aromatic N) is 1. The fourth-order valence-corrected chi connectivity index (χ4v) is 4.08. The molecule has 2 heterocycles. The number of ether oxygens (including phenoxy) is 1. The molecule has 0 aliphatic carbocycles. The van der Waals surface area contributed by atoms with E-state index in [-0.39, 0.29) is 0 Å². The van der Waals surface area contributed by atoms with E-state index in [2.05, 4.69) is 22.0 Å². The Kier molecular flexibility index (Phi) is 2.89. The molecule has 1 aliphatic heterocycles. The molecule has 80 valence electrons. The molecular formula is C11H12BrNOS. The summed E-state index contributed by atoms with van der Waals surface area (Å²) in [5.41, 5.74) is 0.825. The minimum absolute atomic E-state index is 0.416. The molecule has 1 aliphatic rings. The van der Waals surface area contributed by atoms with Crippen molar-refractivity contribution in [3.63, 3.8) is 0 Å². The van der Waals surface area contributed by atoms with Gasteiger partial charge >= 0.3 is 0 Å². The van der Waals surface area contributed by atoms with Gasteiger partial charge in [-0.3, -0.25) is 0 Å². The molecule has 0 radical (unpaired) electrons. The van der Waals surface area contributed by atoms with Crippen LogP contribution in [-0.4, -0.2) is 6.61 Å². The fraction of sp³-hybridized carbons (Fsp3) is 0.545. The molecule has 15 heavy (non-hydrogen) atoms. The summed E-state index contributed by atoms with van der Waals surface area (Å²) in [5, 5.41) is 9.14. The monoisotopic (exact) mass is 285 g/mol. The largest absolute Gasteiger partial charge is 0.376 e. The average Bonchev–Trinajstić information content (AvgIpc) is 2.58. The molecule has 2 rings (SSSR count). The highest BCUT2D eigenvalue weighted by Gasteiger charge is 2.29. The lowest BCUT2D eigenvalue weighted by molar-refractivity contribution is 0.111. The lowest BCUT2D eigenvalue weighted by Gasteiger charge is -2.14. The van der Waals surface area contributed by atoms with Crippen LogP contribution in [0, 0.1) is 11.3 Å². The molecule has 0 aromatic carbocycles. The van der Waals surface area contributed by atoms with E-state index in [1.807, 2.05) is 13.8 Å². The zero-order chi connectivity index (χ0) is 11.1. The van der Waals surface area contributed by atoms with Gasteiger partial charge in [0, 0.05) is 26.2 Å². The smallest absolute Gasteiger partial charge is 0.0870 e. The minimum Gasteiger partial charge on any atom is -0.376 e. The summed E-state index contributed by atoms with van der Waals surface area (Å²) in [6.07, 6.45) is 0.972. The Hall–Kier alpha value is -0.370. The van der Waals surface area contributed by atoms with E-state index < -0.39 is 5.41 Å². The molecule has 0 bridgehead atoms. The predicted molar refractivity (Wildman–Crippen MR) is 64.0 cm³/mol. The van der Waals surface area contributed by atoms with Gasteiger partial charge in [0.15, 0.2) is 0 Å². The van der Waals surface area contributed by atoms with Crippen molar-refractivity contribution in [3.05, 3.63) is 19.8 Å². The molecule has 0 spiro atoms. The van der Waals surface area contributed by atoms with Gasteiger partial charge < -0.3 is 4.74 Å². The summed E-state index contributed by atoms with van der Waals surface area (Å²) in [5.74, 6) is 0. The van der Waals surface area contributed by atoms with E-state index in [1.165, 1.54) is 10.4 Å². The molecule has 0 saturated heterocycles. The zero-order valence-electron chi connectivity index (χ0n) is 8.76. The van der Waals surface area contributed by atoms with Crippen LogP contribution >= 0.6 is 27.3 Å². The van der Waals surface area contributed by atoms with Crippen LogP contribution in [0.25, 0.3) is 0 Å². The maximum absolute atomic E-state index is 9.14. The molecule has 0 fully saturated rings. The predicted octanol–water partition coefficient (Wildman–Crippen LogP) is 3.38. The van der Waals surface area contributed by atoms with Gasteiger partial charge in [0.25, 0.3) is 0 Å². The Balaban J connectivity index is 2.52. The SMILES string of the molecule is CC(C)(C#N)c1sc2c(c1Br)COCC2.